The van der Waals surface area contributed by atoms with E-state index in [0.717, 1.165) is 38.1 Å². The molecule has 1 atom stereocenters. The summed E-state index contributed by atoms with van der Waals surface area (Å²) in [6.45, 7) is 4.93. The van der Waals surface area contributed by atoms with Crippen LogP contribution in [0.25, 0.3) is 0 Å². The monoisotopic (exact) mass is 277 g/mol. The molecule has 4 nitrogen and oxygen atoms in total. The number of hydrogen-bond donors (Lipinski definition) is 1. The van der Waals surface area contributed by atoms with E-state index in [0.29, 0.717) is 17.5 Å². The minimum atomic E-state index is -0.823. The Morgan fingerprint density at radius 1 is 1.40 bits per heavy atom. The molecule has 1 aliphatic rings. The Labute approximate surface area is 120 Å². The van der Waals surface area contributed by atoms with Gasteiger partial charge in [-0.25, -0.2) is 4.79 Å². The minimum Gasteiger partial charge on any atom is -0.478 e. The van der Waals surface area contributed by atoms with E-state index in [2.05, 4.69) is 11.8 Å². The highest BCUT2D eigenvalue weighted by molar-refractivity contribution is 5.89. The molecular formula is C16H23NO3. The summed E-state index contributed by atoms with van der Waals surface area (Å²) in [6.07, 6.45) is 2.02. The van der Waals surface area contributed by atoms with Gasteiger partial charge in [0.25, 0.3) is 0 Å². The fourth-order valence-corrected chi connectivity index (χ4v) is 3.05. The maximum atomic E-state index is 11.3. The van der Waals surface area contributed by atoms with Gasteiger partial charge in [0.15, 0.2) is 0 Å². The van der Waals surface area contributed by atoms with Gasteiger partial charge in [-0.15, -0.1) is 0 Å². The van der Waals surface area contributed by atoms with Crippen molar-refractivity contribution in [1.29, 1.82) is 0 Å². The second-order valence-electron chi connectivity index (χ2n) is 5.51. The molecule has 0 aliphatic carbocycles. The summed E-state index contributed by atoms with van der Waals surface area (Å²) in [5.74, 6) is -0.468. The third kappa shape index (κ3) is 3.38. The van der Waals surface area contributed by atoms with Gasteiger partial charge in [0.05, 0.1) is 12.2 Å². The number of hydrogen-bond acceptors (Lipinski definition) is 3. The highest BCUT2D eigenvalue weighted by atomic mass is 16.5. The Kier molecular flexibility index (Phi) is 5.15. The highest BCUT2D eigenvalue weighted by Crippen LogP contribution is 2.31. The van der Waals surface area contributed by atoms with Crippen molar-refractivity contribution in [3.63, 3.8) is 0 Å². The van der Waals surface area contributed by atoms with Crippen molar-refractivity contribution in [1.82, 2.24) is 4.90 Å². The van der Waals surface area contributed by atoms with E-state index in [1.807, 2.05) is 12.1 Å². The SMILES string of the molecule is COCC(C)N1CCC(c2ccccc2C(=O)O)CC1. The van der Waals surface area contributed by atoms with Gasteiger partial charge in [-0.05, 0) is 50.4 Å². The van der Waals surface area contributed by atoms with Gasteiger partial charge >= 0.3 is 5.97 Å². The number of benzene rings is 1. The van der Waals surface area contributed by atoms with Crippen molar-refractivity contribution in [2.45, 2.75) is 31.7 Å². The van der Waals surface area contributed by atoms with Crippen molar-refractivity contribution >= 4 is 5.97 Å². The van der Waals surface area contributed by atoms with Gasteiger partial charge < -0.3 is 9.84 Å². The van der Waals surface area contributed by atoms with E-state index in [-0.39, 0.29) is 0 Å². The van der Waals surface area contributed by atoms with Gasteiger partial charge in [0, 0.05) is 13.2 Å². The average molecular weight is 277 g/mol. The molecule has 0 radical (unpaired) electrons. The fourth-order valence-electron chi connectivity index (χ4n) is 3.05. The number of carboxylic acid groups (broad SMARTS) is 1. The topological polar surface area (TPSA) is 49.8 Å². The van der Waals surface area contributed by atoms with Crippen molar-refractivity contribution in [3.8, 4) is 0 Å². The number of likely N-dealkylation sites (tertiary alicyclic amines) is 1. The molecule has 1 aromatic carbocycles. The van der Waals surface area contributed by atoms with E-state index < -0.39 is 5.97 Å². The maximum Gasteiger partial charge on any atom is 0.335 e. The molecular weight excluding hydrogens is 254 g/mol. The Morgan fingerprint density at radius 3 is 2.65 bits per heavy atom. The zero-order chi connectivity index (χ0) is 14.5. The van der Waals surface area contributed by atoms with Crippen LogP contribution < -0.4 is 0 Å². The Balaban J connectivity index is 2.02. The molecule has 0 amide bonds. The third-order valence-corrected chi connectivity index (χ3v) is 4.19. The standard InChI is InChI=1S/C16H23NO3/c1-12(11-20-2)17-9-7-13(8-10-17)14-5-3-4-6-15(14)16(18)19/h3-6,12-13H,7-11H2,1-2H3,(H,18,19). The molecule has 110 valence electrons. The summed E-state index contributed by atoms with van der Waals surface area (Å²) >= 11 is 0. The molecule has 1 unspecified atom stereocenters. The van der Waals surface area contributed by atoms with Crippen LogP contribution in [-0.2, 0) is 4.74 Å². The Morgan fingerprint density at radius 2 is 2.05 bits per heavy atom. The molecule has 20 heavy (non-hydrogen) atoms. The minimum absolute atomic E-state index is 0.355. The van der Waals surface area contributed by atoms with Crippen LogP contribution in [0.5, 0.6) is 0 Å². The van der Waals surface area contributed by atoms with Crippen LogP contribution in [0.15, 0.2) is 24.3 Å². The number of methoxy groups -OCH3 is 1. The molecule has 4 heteroatoms. The van der Waals surface area contributed by atoms with E-state index in [4.69, 9.17) is 4.74 Å². The van der Waals surface area contributed by atoms with Gasteiger partial charge in [-0.1, -0.05) is 18.2 Å². The van der Waals surface area contributed by atoms with Crippen LogP contribution in [0.3, 0.4) is 0 Å². The van der Waals surface area contributed by atoms with Crippen LogP contribution >= 0.6 is 0 Å². The smallest absolute Gasteiger partial charge is 0.335 e. The second-order valence-corrected chi connectivity index (χ2v) is 5.51. The molecule has 1 N–H and O–H groups in total. The van der Waals surface area contributed by atoms with Crippen molar-refractivity contribution in [2.75, 3.05) is 26.8 Å². The van der Waals surface area contributed by atoms with Crippen LogP contribution in [-0.4, -0.2) is 48.8 Å². The Hall–Kier alpha value is -1.39. The molecule has 1 heterocycles. The highest BCUT2D eigenvalue weighted by Gasteiger charge is 2.26. The van der Waals surface area contributed by atoms with Crippen molar-refractivity contribution < 1.29 is 14.6 Å². The first-order valence-corrected chi connectivity index (χ1v) is 7.18. The zero-order valence-corrected chi connectivity index (χ0v) is 12.2. The molecule has 1 aromatic rings. The van der Waals surface area contributed by atoms with Gasteiger partial charge in [-0.3, -0.25) is 4.90 Å². The van der Waals surface area contributed by atoms with E-state index in [1.54, 1.807) is 19.2 Å². The summed E-state index contributed by atoms with van der Waals surface area (Å²) in [4.78, 5) is 13.7. The summed E-state index contributed by atoms with van der Waals surface area (Å²) in [6, 6.07) is 7.82. The lowest BCUT2D eigenvalue weighted by Crippen LogP contribution is -2.41. The first-order chi connectivity index (χ1) is 9.63. The lowest BCUT2D eigenvalue weighted by Gasteiger charge is -2.36. The number of rotatable bonds is 5. The number of aromatic carboxylic acids is 1. The quantitative estimate of drug-likeness (QED) is 0.898. The number of nitrogens with zero attached hydrogens (tertiary/aromatic N) is 1. The van der Waals surface area contributed by atoms with E-state index >= 15 is 0 Å². The number of carbonyl (C=O) groups is 1. The molecule has 0 aromatic heterocycles. The summed E-state index contributed by atoms with van der Waals surface area (Å²) in [5.41, 5.74) is 1.44. The number of carboxylic acids is 1. The van der Waals surface area contributed by atoms with Gasteiger partial charge in [-0.2, -0.15) is 0 Å². The van der Waals surface area contributed by atoms with Crippen molar-refractivity contribution in [3.05, 3.63) is 35.4 Å². The molecule has 1 saturated heterocycles. The zero-order valence-electron chi connectivity index (χ0n) is 12.2. The lowest BCUT2D eigenvalue weighted by molar-refractivity contribution is 0.0690. The predicted octanol–water partition coefficient (Wildman–Crippen LogP) is 2.60. The fraction of sp³-hybridized carbons (Fsp3) is 0.562. The molecule has 0 bridgehead atoms. The van der Waals surface area contributed by atoms with Crippen LogP contribution in [0.4, 0.5) is 0 Å². The Bertz CT molecular complexity index is 453. The largest absolute Gasteiger partial charge is 0.478 e. The maximum absolute atomic E-state index is 11.3. The molecule has 1 fully saturated rings. The third-order valence-electron chi connectivity index (χ3n) is 4.19. The molecule has 1 aliphatic heterocycles. The van der Waals surface area contributed by atoms with Crippen molar-refractivity contribution in [2.24, 2.45) is 0 Å². The average Bonchev–Trinajstić information content (AvgIpc) is 2.47. The van der Waals surface area contributed by atoms with E-state index in [1.165, 1.54) is 0 Å². The van der Waals surface area contributed by atoms with E-state index in [9.17, 15) is 9.90 Å². The normalized spacial score (nSPS) is 18.9. The van der Waals surface area contributed by atoms with Crippen LogP contribution in [0.1, 0.15) is 41.6 Å². The van der Waals surface area contributed by atoms with Gasteiger partial charge in [0.1, 0.15) is 0 Å². The molecule has 0 saturated carbocycles. The summed E-state index contributed by atoms with van der Waals surface area (Å²) in [5, 5.41) is 9.28. The van der Waals surface area contributed by atoms with Gasteiger partial charge in [0.2, 0.25) is 0 Å². The number of piperidine rings is 1. The van der Waals surface area contributed by atoms with Crippen LogP contribution in [0, 0.1) is 0 Å². The van der Waals surface area contributed by atoms with Crippen LogP contribution in [0.2, 0.25) is 0 Å². The molecule has 2 rings (SSSR count). The first kappa shape index (κ1) is 15.0. The number of ether oxygens (including phenoxy) is 1. The second kappa shape index (κ2) is 6.86. The first-order valence-electron chi connectivity index (χ1n) is 7.18. The lowest BCUT2D eigenvalue weighted by atomic mass is 9.86. The molecule has 0 spiro atoms. The summed E-state index contributed by atoms with van der Waals surface area (Å²) < 4.78 is 5.20. The summed E-state index contributed by atoms with van der Waals surface area (Å²) in [7, 11) is 1.73. The predicted molar refractivity (Wildman–Crippen MR) is 78.3 cm³/mol.